The second kappa shape index (κ2) is 9.62. The van der Waals surface area contributed by atoms with E-state index in [0.29, 0.717) is 16.9 Å². The molecule has 0 unspecified atom stereocenters. The quantitative estimate of drug-likeness (QED) is 0.184. The molecule has 0 aliphatic heterocycles. The molecule has 2 heterocycles. The SMILES string of the molecule is C=C(NNC(=O)c1nnn(-c2nonc2N)c1CNc1ccccc1C(N)=O)c1cccc(O)c1. The zero-order chi connectivity index (χ0) is 24.9. The Morgan fingerprint density at radius 3 is 2.63 bits per heavy atom. The van der Waals surface area contributed by atoms with Crippen LogP contribution in [-0.4, -0.2) is 42.2 Å². The lowest BCUT2D eigenvalue weighted by Crippen LogP contribution is -2.36. The van der Waals surface area contributed by atoms with E-state index in [1.54, 1.807) is 36.4 Å². The number of primary amides is 1. The Balaban J connectivity index is 1.59. The Morgan fingerprint density at radius 2 is 1.91 bits per heavy atom. The van der Waals surface area contributed by atoms with E-state index < -0.39 is 11.8 Å². The first kappa shape index (κ1) is 22.8. The highest BCUT2D eigenvalue weighted by molar-refractivity contribution is 5.98. The van der Waals surface area contributed by atoms with Crippen molar-refractivity contribution in [3.63, 3.8) is 0 Å². The van der Waals surface area contributed by atoms with E-state index in [1.807, 2.05) is 0 Å². The lowest BCUT2D eigenvalue weighted by atomic mass is 10.1. The van der Waals surface area contributed by atoms with Gasteiger partial charge in [-0.25, -0.2) is 4.63 Å². The molecule has 0 radical (unpaired) electrons. The number of nitrogen functional groups attached to an aromatic ring is 1. The molecule has 0 atom stereocenters. The van der Waals surface area contributed by atoms with E-state index in [1.165, 1.54) is 16.8 Å². The molecule has 0 bridgehead atoms. The van der Waals surface area contributed by atoms with Crippen LogP contribution in [0.25, 0.3) is 11.5 Å². The van der Waals surface area contributed by atoms with Crippen molar-refractivity contribution >= 4 is 29.0 Å². The van der Waals surface area contributed by atoms with Gasteiger partial charge < -0.3 is 21.9 Å². The van der Waals surface area contributed by atoms with Crippen LogP contribution in [0.4, 0.5) is 11.5 Å². The number of amides is 2. The zero-order valence-corrected chi connectivity index (χ0v) is 18.1. The summed E-state index contributed by atoms with van der Waals surface area (Å²) < 4.78 is 5.82. The molecule has 14 heteroatoms. The number of nitrogens with two attached hydrogens (primary N) is 2. The largest absolute Gasteiger partial charge is 0.508 e. The average molecular weight is 476 g/mol. The molecule has 0 saturated carbocycles. The van der Waals surface area contributed by atoms with Gasteiger partial charge in [0.1, 0.15) is 5.75 Å². The number of phenolic OH excluding ortho intramolecular Hbond substituents is 1. The highest BCUT2D eigenvalue weighted by Gasteiger charge is 2.24. The molecule has 8 N–H and O–H groups in total. The van der Waals surface area contributed by atoms with E-state index >= 15 is 0 Å². The Labute approximate surface area is 197 Å². The molecule has 2 aromatic heterocycles. The number of hydrogen-bond donors (Lipinski definition) is 6. The molecule has 14 nitrogen and oxygen atoms in total. The summed E-state index contributed by atoms with van der Waals surface area (Å²) in [5.41, 5.74) is 18.1. The molecule has 35 heavy (non-hydrogen) atoms. The summed E-state index contributed by atoms with van der Waals surface area (Å²) in [6.45, 7) is 3.80. The van der Waals surface area contributed by atoms with Gasteiger partial charge in [0.05, 0.1) is 23.5 Å². The van der Waals surface area contributed by atoms with Crippen LogP contribution in [0.3, 0.4) is 0 Å². The van der Waals surface area contributed by atoms with Crippen molar-refractivity contribution in [1.29, 1.82) is 0 Å². The number of hydrazine groups is 1. The van der Waals surface area contributed by atoms with Gasteiger partial charge in [0, 0.05) is 11.3 Å². The maximum absolute atomic E-state index is 13.0. The number of anilines is 2. The minimum absolute atomic E-state index is 0.0219. The molecule has 4 rings (SSSR count). The van der Waals surface area contributed by atoms with Gasteiger partial charge in [-0.05, 0) is 34.6 Å². The molecule has 2 amide bonds. The van der Waals surface area contributed by atoms with Crippen molar-refractivity contribution in [2.75, 3.05) is 11.1 Å². The van der Waals surface area contributed by atoms with Gasteiger partial charge in [-0.15, -0.1) is 5.10 Å². The van der Waals surface area contributed by atoms with Crippen molar-refractivity contribution in [3.05, 3.63) is 77.6 Å². The topological polar surface area (TPSA) is 212 Å². The summed E-state index contributed by atoms with van der Waals surface area (Å²) in [6.07, 6.45) is 0. The maximum Gasteiger partial charge on any atom is 0.292 e. The molecular weight excluding hydrogens is 456 g/mol. The molecule has 178 valence electrons. The first-order valence-corrected chi connectivity index (χ1v) is 10.1. The molecule has 2 aromatic carbocycles. The highest BCUT2D eigenvalue weighted by Crippen LogP contribution is 2.20. The first-order valence-electron chi connectivity index (χ1n) is 10.1. The second-order valence-corrected chi connectivity index (χ2v) is 7.14. The number of nitrogens with one attached hydrogen (secondary N) is 3. The van der Waals surface area contributed by atoms with Crippen LogP contribution in [0.15, 0.2) is 59.7 Å². The number of carbonyl (C=O) groups is 2. The highest BCUT2D eigenvalue weighted by atomic mass is 16.6. The number of phenols is 1. The van der Waals surface area contributed by atoms with Crippen LogP contribution in [0, 0.1) is 0 Å². The molecule has 0 fully saturated rings. The smallest absolute Gasteiger partial charge is 0.292 e. The number of rotatable bonds is 9. The lowest BCUT2D eigenvalue weighted by Gasteiger charge is -2.13. The van der Waals surface area contributed by atoms with Crippen LogP contribution in [0.1, 0.15) is 32.1 Å². The first-order chi connectivity index (χ1) is 16.8. The van der Waals surface area contributed by atoms with E-state index in [2.05, 4.69) is 48.0 Å². The summed E-state index contributed by atoms with van der Waals surface area (Å²) in [7, 11) is 0. The number of para-hydroxylation sites is 1. The third kappa shape index (κ3) is 4.85. The van der Waals surface area contributed by atoms with Crippen LogP contribution in [0.5, 0.6) is 5.75 Å². The van der Waals surface area contributed by atoms with Crippen LogP contribution >= 0.6 is 0 Å². The Kier molecular flexibility index (Phi) is 6.26. The van der Waals surface area contributed by atoms with E-state index in [4.69, 9.17) is 11.5 Å². The Morgan fingerprint density at radius 1 is 1.11 bits per heavy atom. The third-order valence-electron chi connectivity index (χ3n) is 4.83. The van der Waals surface area contributed by atoms with Gasteiger partial charge in [-0.1, -0.05) is 36.1 Å². The van der Waals surface area contributed by atoms with Gasteiger partial charge in [0.25, 0.3) is 11.8 Å². The van der Waals surface area contributed by atoms with Gasteiger partial charge in [-0.3, -0.25) is 20.4 Å². The molecule has 0 aliphatic rings. The number of aromatic hydroxyl groups is 1. The zero-order valence-electron chi connectivity index (χ0n) is 18.1. The van der Waals surface area contributed by atoms with Crippen LogP contribution < -0.4 is 27.6 Å². The van der Waals surface area contributed by atoms with Gasteiger partial charge >= 0.3 is 0 Å². The predicted molar refractivity (Wildman–Crippen MR) is 124 cm³/mol. The number of hydrogen-bond acceptors (Lipinski definition) is 11. The summed E-state index contributed by atoms with van der Waals surface area (Å²) in [5.74, 6) is -1.29. The van der Waals surface area contributed by atoms with Gasteiger partial charge in [0.15, 0.2) is 5.69 Å². The third-order valence-corrected chi connectivity index (χ3v) is 4.83. The fraction of sp³-hybridized carbons (Fsp3) is 0.0476. The van der Waals surface area contributed by atoms with Crippen molar-refractivity contribution in [3.8, 4) is 11.6 Å². The monoisotopic (exact) mass is 476 g/mol. The second-order valence-electron chi connectivity index (χ2n) is 7.14. The predicted octanol–water partition coefficient (Wildman–Crippen LogP) is 0.554. The number of carbonyl (C=O) groups excluding carboxylic acids is 2. The van der Waals surface area contributed by atoms with Crippen LogP contribution in [0.2, 0.25) is 0 Å². The average Bonchev–Trinajstić information content (AvgIpc) is 3.46. The minimum atomic E-state index is -0.660. The molecule has 0 spiro atoms. The molecule has 4 aromatic rings. The molecular formula is C21H20N10O4. The van der Waals surface area contributed by atoms with Crippen molar-refractivity contribution in [2.24, 2.45) is 5.73 Å². The normalized spacial score (nSPS) is 10.5. The summed E-state index contributed by atoms with van der Waals surface area (Å²) in [6, 6.07) is 12.9. The van der Waals surface area contributed by atoms with Crippen molar-refractivity contribution < 1.29 is 19.3 Å². The summed E-state index contributed by atoms with van der Waals surface area (Å²) in [5, 5.41) is 27.8. The lowest BCUT2D eigenvalue weighted by molar-refractivity contribution is 0.0935. The standard InChI is InChI=1S/C21H20N10O4/c1-11(12-5-4-6-13(32)9-12)25-27-21(34)17-16(31(30-26-17)20-18(22)28-35-29-20)10-24-15-8-3-2-7-14(15)19(23)33/h2-9,24-25,32H,1,10H2,(H2,22,28)(H2,23,33)(H,27,34). The van der Waals surface area contributed by atoms with E-state index in [0.717, 1.165) is 0 Å². The molecule has 0 aliphatic carbocycles. The number of benzene rings is 2. The Bertz CT molecular complexity index is 1410. The number of nitrogens with zero attached hydrogens (tertiary/aromatic N) is 5. The van der Waals surface area contributed by atoms with Gasteiger partial charge in [0.2, 0.25) is 11.6 Å². The van der Waals surface area contributed by atoms with Crippen LogP contribution in [-0.2, 0) is 6.54 Å². The minimum Gasteiger partial charge on any atom is -0.508 e. The molecule has 0 saturated heterocycles. The fourth-order valence-corrected chi connectivity index (χ4v) is 3.13. The number of aromatic nitrogens is 5. The summed E-state index contributed by atoms with van der Waals surface area (Å²) >= 11 is 0. The van der Waals surface area contributed by atoms with Gasteiger partial charge in [-0.2, -0.15) is 4.68 Å². The van der Waals surface area contributed by atoms with Crippen molar-refractivity contribution in [2.45, 2.75) is 6.54 Å². The summed E-state index contributed by atoms with van der Waals surface area (Å²) in [4.78, 5) is 24.7. The Hall–Kier alpha value is -5.40. The van der Waals surface area contributed by atoms with Crippen molar-refractivity contribution in [1.82, 2.24) is 36.2 Å². The fourth-order valence-electron chi connectivity index (χ4n) is 3.13. The van der Waals surface area contributed by atoms with E-state index in [9.17, 15) is 14.7 Å². The maximum atomic E-state index is 13.0. The van der Waals surface area contributed by atoms with E-state index in [-0.39, 0.29) is 40.9 Å².